The topological polar surface area (TPSA) is 32.3 Å². The summed E-state index contributed by atoms with van der Waals surface area (Å²) in [6.07, 6.45) is 5.84. The molecule has 1 N–H and O–H groups in total. The van der Waals surface area contributed by atoms with Crippen LogP contribution in [0.15, 0.2) is 18.2 Å². The van der Waals surface area contributed by atoms with Gasteiger partial charge in [0.25, 0.3) is 5.91 Å². The molecule has 0 spiro atoms. The number of likely N-dealkylation sites (tertiary alicyclic amines) is 1. The predicted octanol–water partition coefficient (Wildman–Crippen LogP) is 4.22. The van der Waals surface area contributed by atoms with E-state index in [1.165, 1.54) is 12.8 Å². The monoisotopic (exact) mass is 288 g/mol. The van der Waals surface area contributed by atoms with Crippen molar-refractivity contribution in [1.29, 1.82) is 0 Å². The van der Waals surface area contributed by atoms with E-state index in [9.17, 15) is 4.79 Å². The van der Waals surface area contributed by atoms with Crippen LogP contribution >= 0.6 is 0 Å². The first-order valence-corrected chi connectivity index (χ1v) is 8.32. The number of anilines is 1. The van der Waals surface area contributed by atoms with Crippen molar-refractivity contribution in [1.82, 2.24) is 4.90 Å². The largest absolute Gasteiger partial charge is 0.385 e. The van der Waals surface area contributed by atoms with Crippen LogP contribution in [0.3, 0.4) is 0 Å². The minimum Gasteiger partial charge on any atom is -0.385 e. The molecule has 1 aliphatic rings. The third-order valence-corrected chi connectivity index (χ3v) is 4.45. The molecule has 1 aromatic rings. The third kappa shape index (κ3) is 3.78. The highest BCUT2D eigenvalue weighted by atomic mass is 16.2. The number of hydrogen-bond acceptors (Lipinski definition) is 2. The van der Waals surface area contributed by atoms with E-state index in [0.717, 1.165) is 49.2 Å². The normalized spacial score (nSPS) is 19.2. The van der Waals surface area contributed by atoms with Gasteiger partial charge in [-0.3, -0.25) is 4.79 Å². The Balaban J connectivity index is 2.19. The summed E-state index contributed by atoms with van der Waals surface area (Å²) in [4.78, 5) is 15.0. The Morgan fingerprint density at radius 1 is 1.29 bits per heavy atom. The molecular formula is C18H28N2O. The lowest BCUT2D eigenvalue weighted by atomic mass is 10.0. The molecule has 0 radical (unpaired) electrons. The van der Waals surface area contributed by atoms with E-state index in [-0.39, 0.29) is 5.91 Å². The van der Waals surface area contributed by atoms with Crippen molar-refractivity contribution in [3.05, 3.63) is 29.3 Å². The van der Waals surface area contributed by atoms with Crippen molar-refractivity contribution in [2.24, 2.45) is 0 Å². The summed E-state index contributed by atoms with van der Waals surface area (Å²) in [7, 11) is 0. The van der Waals surface area contributed by atoms with E-state index in [0.29, 0.717) is 6.04 Å². The van der Waals surface area contributed by atoms with Crippen LogP contribution in [-0.4, -0.2) is 29.9 Å². The number of carbonyl (C=O) groups is 1. The quantitative estimate of drug-likeness (QED) is 0.899. The number of amides is 1. The van der Waals surface area contributed by atoms with E-state index >= 15 is 0 Å². The van der Waals surface area contributed by atoms with Crippen molar-refractivity contribution in [3.8, 4) is 0 Å². The van der Waals surface area contributed by atoms with Crippen molar-refractivity contribution in [2.75, 3.05) is 18.4 Å². The highest BCUT2D eigenvalue weighted by molar-refractivity contribution is 5.95. The molecule has 1 unspecified atom stereocenters. The molecule has 1 fully saturated rings. The lowest BCUT2D eigenvalue weighted by Gasteiger charge is -2.29. The zero-order valence-electron chi connectivity index (χ0n) is 13.6. The lowest BCUT2D eigenvalue weighted by molar-refractivity contribution is 0.0678. The second-order valence-corrected chi connectivity index (χ2v) is 5.97. The van der Waals surface area contributed by atoms with Crippen LogP contribution in [0.2, 0.25) is 0 Å². The van der Waals surface area contributed by atoms with E-state index in [1.807, 2.05) is 18.2 Å². The fraction of sp³-hybridized carbons (Fsp3) is 0.611. The van der Waals surface area contributed by atoms with Gasteiger partial charge in [-0.15, -0.1) is 0 Å². The van der Waals surface area contributed by atoms with Crippen molar-refractivity contribution >= 4 is 11.6 Å². The van der Waals surface area contributed by atoms with Gasteiger partial charge in [0.05, 0.1) is 0 Å². The van der Waals surface area contributed by atoms with Crippen LogP contribution in [0.5, 0.6) is 0 Å². The Kier molecular flexibility index (Phi) is 5.66. The van der Waals surface area contributed by atoms with Gasteiger partial charge in [-0.05, 0) is 56.9 Å². The standard InChI is InChI=1S/C18H28N2O/c1-4-16-9-7-6-8-12-20(16)18(21)15-10-11-17(19-5-2)14(3)13-15/h10-11,13,16,19H,4-9,12H2,1-3H3. The van der Waals surface area contributed by atoms with Gasteiger partial charge in [0.1, 0.15) is 0 Å². The van der Waals surface area contributed by atoms with E-state index in [1.54, 1.807) is 0 Å². The van der Waals surface area contributed by atoms with E-state index < -0.39 is 0 Å². The molecule has 0 aliphatic carbocycles. The molecule has 116 valence electrons. The molecule has 3 heteroatoms. The molecule has 1 amide bonds. The average Bonchev–Trinajstić information content (AvgIpc) is 2.74. The Labute approximate surface area is 128 Å². The Hall–Kier alpha value is -1.51. The maximum absolute atomic E-state index is 12.8. The van der Waals surface area contributed by atoms with E-state index in [2.05, 4.69) is 31.0 Å². The first-order valence-electron chi connectivity index (χ1n) is 8.32. The molecule has 1 atom stereocenters. The van der Waals surface area contributed by atoms with Crippen LogP contribution in [-0.2, 0) is 0 Å². The summed E-state index contributed by atoms with van der Waals surface area (Å²) in [6.45, 7) is 8.15. The highest BCUT2D eigenvalue weighted by Crippen LogP contribution is 2.23. The maximum atomic E-state index is 12.8. The second-order valence-electron chi connectivity index (χ2n) is 5.97. The summed E-state index contributed by atoms with van der Waals surface area (Å²) >= 11 is 0. The van der Waals surface area contributed by atoms with Crippen molar-refractivity contribution in [2.45, 2.75) is 58.9 Å². The summed E-state index contributed by atoms with van der Waals surface area (Å²) < 4.78 is 0. The molecule has 1 aliphatic heterocycles. The van der Waals surface area contributed by atoms with Gasteiger partial charge in [0.15, 0.2) is 0 Å². The zero-order valence-corrected chi connectivity index (χ0v) is 13.6. The SMILES string of the molecule is CCNc1ccc(C(=O)N2CCCCCC2CC)cc1C. The summed E-state index contributed by atoms with van der Waals surface area (Å²) in [5.74, 6) is 0.204. The highest BCUT2D eigenvalue weighted by Gasteiger charge is 2.25. The number of carbonyl (C=O) groups excluding carboxylic acids is 1. The zero-order chi connectivity index (χ0) is 15.2. The Bertz CT molecular complexity index is 484. The number of nitrogens with zero attached hydrogens (tertiary/aromatic N) is 1. The third-order valence-electron chi connectivity index (χ3n) is 4.45. The summed E-state index contributed by atoms with van der Waals surface area (Å²) in [5.41, 5.74) is 3.09. The number of aryl methyl sites for hydroxylation is 1. The van der Waals surface area contributed by atoms with Crippen LogP contribution in [0.25, 0.3) is 0 Å². The first-order chi connectivity index (χ1) is 10.2. The number of nitrogens with one attached hydrogen (secondary N) is 1. The fourth-order valence-corrected chi connectivity index (χ4v) is 3.22. The number of hydrogen-bond donors (Lipinski definition) is 1. The molecule has 1 aromatic carbocycles. The molecule has 0 bridgehead atoms. The van der Waals surface area contributed by atoms with Gasteiger partial charge in [0, 0.05) is 30.4 Å². The Morgan fingerprint density at radius 2 is 2.10 bits per heavy atom. The van der Waals surface area contributed by atoms with Crippen LogP contribution in [0.1, 0.15) is 61.9 Å². The van der Waals surface area contributed by atoms with Crippen LogP contribution in [0, 0.1) is 6.92 Å². The Morgan fingerprint density at radius 3 is 2.76 bits per heavy atom. The van der Waals surface area contributed by atoms with Crippen molar-refractivity contribution in [3.63, 3.8) is 0 Å². The molecular weight excluding hydrogens is 260 g/mol. The smallest absolute Gasteiger partial charge is 0.254 e. The second kappa shape index (κ2) is 7.48. The summed E-state index contributed by atoms with van der Waals surface area (Å²) in [5, 5.41) is 3.33. The molecule has 3 nitrogen and oxygen atoms in total. The molecule has 1 heterocycles. The van der Waals surface area contributed by atoms with Crippen LogP contribution in [0.4, 0.5) is 5.69 Å². The maximum Gasteiger partial charge on any atom is 0.254 e. The van der Waals surface area contributed by atoms with E-state index in [4.69, 9.17) is 0 Å². The van der Waals surface area contributed by atoms with Gasteiger partial charge >= 0.3 is 0 Å². The first kappa shape index (κ1) is 15.9. The molecule has 0 saturated carbocycles. The van der Waals surface area contributed by atoms with Gasteiger partial charge in [-0.2, -0.15) is 0 Å². The van der Waals surface area contributed by atoms with Gasteiger partial charge in [-0.25, -0.2) is 0 Å². The number of rotatable bonds is 4. The summed E-state index contributed by atoms with van der Waals surface area (Å²) in [6, 6.07) is 6.43. The minimum atomic E-state index is 0.204. The molecule has 0 aromatic heterocycles. The number of benzene rings is 1. The predicted molar refractivity (Wildman–Crippen MR) is 88.9 cm³/mol. The van der Waals surface area contributed by atoms with Gasteiger partial charge < -0.3 is 10.2 Å². The minimum absolute atomic E-state index is 0.204. The van der Waals surface area contributed by atoms with Gasteiger partial charge in [-0.1, -0.05) is 19.8 Å². The fourth-order valence-electron chi connectivity index (χ4n) is 3.22. The van der Waals surface area contributed by atoms with Crippen molar-refractivity contribution < 1.29 is 4.79 Å². The molecule has 21 heavy (non-hydrogen) atoms. The van der Waals surface area contributed by atoms with Crippen LogP contribution < -0.4 is 5.32 Å². The van der Waals surface area contributed by atoms with Gasteiger partial charge in [0.2, 0.25) is 0 Å². The lowest BCUT2D eigenvalue weighted by Crippen LogP contribution is -2.39. The average molecular weight is 288 g/mol. The molecule has 1 saturated heterocycles. The molecule has 2 rings (SSSR count).